The van der Waals surface area contributed by atoms with E-state index in [9.17, 15) is 9.59 Å². The number of rotatable bonds is 6. The van der Waals surface area contributed by atoms with Crippen molar-refractivity contribution in [2.45, 2.75) is 6.92 Å². The predicted molar refractivity (Wildman–Crippen MR) is 118 cm³/mol. The minimum Gasteiger partial charge on any atom is -0.492 e. The van der Waals surface area contributed by atoms with Gasteiger partial charge in [-0.2, -0.15) is 5.10 Å². The van der Waals surface area contributed by atoms with Crippen molar-refractivity contribution in [2.24, 2.45) is 0 Å². The van der Waals surface area contributed by atoms with E-state index >= 15 is 0 Å². The van der Waals surface area contributed by atoms with E-state index in [1.807, 2.05) is 19.1 Å². The van der Waals surface area contributed by atoms with E-state index < -0.39 is 11.9 Å². The van der Waals surface area contributed by atoms with E-state index in [0.29, 0.717) is 28.1 Å². The third-order valence-corrected chi connectivity index (χ3v) is 5.25. The minimum atomic E-state index is -0.718. The molecule has 0 amide bonds. The smallest absolute Gasteiger partial charge is 0.357 e. The van der Waals surface area contributed by atoms with Crippen molar-refractivity contribution < 1.29 is 23.8 Å². The number of esters is 2. The average molecular weight is 538 g/mol. The highest BCUT2D eigenvalue weighted by atomic mass is 79.9. The first-order valence-electron chi connectivity index (χ1n) is 8.90. The van der Waals surface area contributed by atoms with Crippen molar-refractivity contribution >= 4 is 43.8 Å². The zero-order valence-electron chi connectivity index (χ0n) is 16.4. The number of aromatic nitrogens is 2. The number of carbonyl (C=O) groups is 2. The summed E-state index contributed by atoms with van der Waals surface area (Å²) in [5.41, 5.74) is 1.28. The van der Waals surface area contributed by atoms with E-state index in [1.54, 1.807) is 30.3 Å². The maximum atomic E-state index is 12.8. The Labute approximate surface area is 190 Å². The first kappa shape index (κ1) is 22.0. The van der Waals surface area contributed by atoms with Crippen molar-refractivity contribution in [3.8, 4) is 22.7 Å². The first-order valence-corrected chi connectivity index (χ1v) is 10.5. The second kappa shape index (κ2) is 9.44. The summed E-state index contributed by atoms with van der Waals surface area (Å²) in [4.78, 5) is 25.5. The van der Waals surface area contributed by atoms with E-state index in [1.165, 1.54) is 18.9 Å². The minimum absolute atomic E-state index is 0.0147. The monoisotopic (exact) mass is 536 g/mol. The number of benzene rings is 2. The number of halogens is 2. The zero-order valence-corrected chi connectivity index (χ0v) is 19.6. The predicted octanol–water partition coefficient (Wildman–Crippen LogP) is 5.04. The third-order valence-electron chi connectivity index (χ3n) is 4.21. The molecule has 0 unspecified atom stereocenters. The molecule has 0 aliphatic rings. The van der Waals surface area contributed by atoms with Crippen LogP contribution in [0.2, 0.25) is 0 Å². The molecule has 0 N–H and O–H groups in total. The molecule has 0 radical (unpaired) electrons. The number of hydrogen-bond acceptors (Lipinski definition) is 6. The lowest BCUT2D eigenvalue weighted by molar-refractivity contribution is 0.0549. The maximum absolute atomic E-state index is 12.8. The average Bonchev–Trinajstić information content (AvgIpc) is 3.15. The normalized spacial score (nSPS) is 10.6. The van der Waals surface area contributed by atoms with Gasteiger partial charge in [0.25, 0.3) is 0 Å². The van der Waals surface area contributed by atoms with Crippen molar-refractivity contribution in [2.75, 3.05) is 20.8 Å². The molecule has 0 fully saturated rings. The van der Waals surface area contributed by atoms with Gasteiger partial charge in [-0.3, -0.25) is 0 Å². The van der Waals surface area contributed by atoms with Crippen molar-refractivity contribution in [1.29, 1.82) is 0 Å². The van der Waals surface area contributed by atoms with Gasteiger partial charge in [-0.05, 0) is 47.1 Å². The molecule has 2 aromatic carbocycles. The lowest BCUT2D eigenvalue weighted by Gasteiger charge is -2.12. The molecular formula is C21H18Br2N2O5. The van der Waals surface area contributed by atoms with Crippen molar-refractivity contribution in [1.82, 2.24) is 9.78 Å². The highest BCUT2D eigenvalue weighted by Crippen LogP contribution is 2.41. The molecule has 7 nitrogen and oxygen atoms in total. The van der Waals surface area contributed by atoms with Gasteiger partial charge in [-0.1, -0.05) is 34.1 Å². The fourth-order valence-electron chi connectivity index (χ4n) is 2.97. The molecule has 0 aliphatic heterocycles. The Kier molecular flexibility index (Phi) is 6.94. The number of carbonyl (C=O) groups excluding carboxylic acids is 2. The molecule has 156 valence electrons. The topological polar surface area (TPSA) is 79.7 Å². The molecule has 3 aromatic rings. The molecule has 1 heterocycles. The molecule has 0 spiro atoms. The quantitative estimate of drug-likeness (QED) is 0.410. The van der Waals surface area contributed by atoms with Crippen LogP contribution in [0.4, 0.5) is 0 Å². The lowest BCUT2D eigenvalue weighted by atomic mass is 10.0. The third kappa shape index (κ3) is 4.13. The molecule has 0 atom stereocenters. The summed E-state index contributed by atoms with van der Waals surface area (Å²) in [6.07, 6.45) is 0. The number of methoxy groups -OCH3 is 2. The van der Waals surface area contributed by atoms with Gasteiger partial charge in [0.05, 0.1) is 31.0 Å². The largest absolute Gasteiger partial charge is 0.492 e. The van der Waals surface area contributed by atoms with Crippen LogP contribution in [0.3, 0.4) is 0 Å². The van der Waals surface area contributed by atoms with Crippen LogP contribution < -0.4 is 4.74 Å². The van der Waals surface area contributed by atoms with Crippen LogP contribution >= 0.6 is 31.9 Å². The Hall–Kier alpha value is -2.65. The lowest BCUT2D eigenvalue weighted by Crippen LogP contribution is -2.15. The molecule has 3 rings (SSSR count). The molecule has 30 heavy (non-hydrogen) atoms. The summed E-state index contributed by atoms with van der Waals surface area (Å²) in [6, 6.07) is 12.6. The van der Waals surface area contributed by atoms with Crippen LogP contribution in [0.1, 0.15) is 27.8 Å². The SMILES string of the molecule is CCOc1c(Br)cc(Br)cc1-c1nn(-c2ccccc2)c(C(=O)OC)c1C(=O)OC. The summed E-state index contributed by atoms with van der Waals surface area (Å²) in [7, 11) is 2.49. The van der Waals surface area contributed by atoms with Gasteiger partial charge >= 0.3 is 11.9 Å². The number of ether oxygens (including phenoxy) is 3. The Bertz CT molecular complexity index is 1100. The van der Waals surface area contributed by atoms with Crippen LogP contribution in [0.15, 0.2) is 51.4 Å². The van der Waals surface area contributed by atoms with Crippen LogP contribution in [0, 0.1) is 0 Å². The molecule has 0 saturated carbocycles. The summed E-state index contributed by atoms with van der Waals surface area (Å²) < 4.78 is 18.5. The highest BCUT2D eigenvalue weighted by Gasteiger charge is 2.33. The molecule has 0 aliphatic carbocycles. The Balaban J connectivity index is 2.43. The molecule has 0 bridgehead atoms. The molecule has 0 saturated heterocycles. The second-order valence-electron chi connectivity index (χ2n) is 6.00. The molecular weight excluding hydrogens is 520 g/mol. The Morgan fingerprint density at radius 2 is 1.70 bits per heavy atom. The van der Waals surface area contributed by atoms with Gasteiger partial charge in [0.1, 0.15) is 17.0 Å². The zero-order chi connectivity index (χ0) is 21.8. The van der Waals surface area contributed by atoms with Crippen LogP contribution in [0.25, 0.3) is 16.9 Å². The number of nitrogens with zero attached hydrogens (tertiary/aromatic N) is 2. The first-order chi connectivity index (χ1) is 14.4. The Morgan fingerprint density at radius 1 is 1.03 bits per heavy atom. The van der Waals surface area contributed by atoms with E-state index in [0.717, 1.165) is 4.47 Å². The number of para-hydroxylation sites is 1. The summed E-state index contributed by atoms with van der Waals surface area (Å²) >= 11 is 6.95. The molecule has 9 heteroatoms. The van der Waals surface area contributed by atoms with Crippen molar-refractivity contribution in [3.05, 3.63) is 62.7 Å². The van der Waals surface area contributed by atoms with E-state index in [2.05, 4.69) is 37.0 Å². The summed E-state index contributed by atoms with van der Waals surface area (Å²) in [5, 5.41) is 4.61. The van der Waals surface area contributed by atoms with Crippen LogP contribution in [-0.2, 0) is 9.47 Å². The van der Waals surface area contributed by atoms with Gasteiger partial charge < -0.3 is 14.2 Å². The summed E-state index contributed by atoms with van der Waals surface area (Å²) in [6.45, 7) is 2.24. The standard InChI is InChI=1S/C21H18Br2N2O5/c1-4-30-19-14(10-12(22)11-15(19)23)17-16(20(26)28-2)18(21(27)29-3)25(24-17)13-8-6-5-7-9-13/h5-11H,4H2,1-3H3. The highest BCUT2D eigenvalue weighted by molar-refractivity contribution is 9.11. The van der Waals surface area contributed by atoms with Crippen LogP contribution in [-0.4, -0.2) is 42.5 Å². The van der Waals surface area contributed by atoms with Gasteiger partial charge in [-0.15, -0.1) is 0 Å². The number of hydrogen-bond donors (Lipinski definition) is 0. The van der Waals surface area contributed by atoms with E-state index in [-0.39, 0.29) is 17.0 Å². The van der Waals surface area contributed by atoms with Gasteiger partial charge in [0, 0.05) is 10.0 Å². The van der Waals surface area contributed by atoms with Gasteiger partial charge in [0.15, 0.2) is 5.69 Å². The molecule has 1 aromatic heterocycles. The summed E-state index contributed by atoms with van der Waals surface area (Å²) in [5.74, 6) is -0.948. The Morgan fingerprint density at radius 3 is 2.30 bits per heavy atom. The van der Waals surface area contributed by atoms with E-state index in [4.69, 9.17) is 14.2 Å². The second-order valence-corrected chi connectivity index (χ2v) is 7.77. The fourth-order valence-corrected chi connectivity index (χ4v) is 4.31. The van der Waals surface area contributed by atoms with Gasteiger partial charge in [-0.25, -0.2) is 14.3 Å². The van der Waals surface area contributed by atoms with Crippen molar-refractivity contribution in [3.63, 3.8) is 0 Å². The van der Waals surface area contributed by atoms with Gasteiger partial charge in [0.2, 0.25) is 0 Å². The van der Waals surface area contributed by atoms with Crippen LogP contribution in [0.5, 0.6) is 5.75 Å². The fraction of sp³-hybridized carbons (Fsp3) is 0.190. The maximum Gasteiger partial charge on any atom is 0.357 e.